The number of nitrogens with zero attached hydrogens (tertiary/aromatic N) is 3. The van der Waals surface area contributed by atoms with Crippen LogP contribution < -0.4 is 0 Å². The lowest BCUT2D eigenvalue weighted by atomic mass is 10.2. The molecule has 110 valence electrons. The number of imidazole rings is 1. The monoisotopic (exact) mass is 369 g/mol. The molecular formula is C14H13BrClN3O2. The molecule has 3 rings (SSSR count). The molecule has 2 aromatic rings. The van der Waals surface area contributed by atoms with Crippen LogP contribution in [0, 0.1) is 0 Å². The Morgan fingerprint density at radius 1 is 1.43 bits per heavy atom. The van der Waals surface area contributed by atoms with Gasteiger partial charge in [0.05, 0.1) is 17.5 Å². The van der Waals surface area contributed by atoms with Gasteiger partial charge in [-0.25, -0.2) is 4.98 Å². The minimum absolute atomic E-state index is 0.166. The van der Waals surface area contributed by atoms with E-state index in [9.17, 15) is 9.59 Å². The van der Waals surface area contributed by atoms with Crippen molar-refractivity contribution in [1.29, 1.82) is 0 Å². The smallest absolute Gasteiger partial charge is 0.252 e. The van der Waals surface area contributed by atoms with Gasteiger partial charge in [0.15, 0.2) is 0 Å². The van der Waals surface area contributed by atoms with Crippen molar-refractivity contribution in [2.75, 3.05) is 12.9 Å². The zero-order chi connectivity index (χ0) is 15.1. The average molecular weight is 371 g/mol. The molecule has 0 radical (unpaired) electrons. The van der Waals surface area contributed by atoms with Crippen molar-refractivity contribution in [2.45, 2.75) is 18.9 Å². The molecule has 1 unspecified atom stereocenters. The number of alkyl halides is 1. The number of hydrogen-bond donors (Lipinski definition) is 0. The van der Waals surface area contributed by atoms with E-state index in [0.717, 1.165) is 21.3 Å². The summed E-state index contributed by atoms with van der Waals surface area (Å²) in [4.78, 5) is 29.8. The van der Waals surface area contributed by atoms with Gasteiger partial charge in [-0.15, -0.1) is 11.6 Å². The summed E-state index contributed by atoms with van der Waals surface area (Å²) >= 11 is 9.26. The van der Waals surface area contributed by atoms with Crippen LogP contribution in [-0.2, 0) is 16.0 Å². The van der Waals surface area contributed by atoms with Gasteiger partial charge in [-0.05, 0) is 18.2 Å². The van der Waals surface area contributed by atoms with E-state index in [4.69, 9.17) is 11.6 Å². The van der Waals surface area contributed by atoms with Crippen molar-refractivity contribution in [3.63, 3.8) is 0 Å². The number of aryl methyl sites for hydroxylation is 1. The fourth-order valence-electron chi connectivity index (χ4n) is 2.67. The molecule has 0 saturated carbocycles. The summed E-state index contributed by atoms with van der Waals surface area (Å²) in [6.07, 6.45) is 0.724. The molecule has 0 bridgehead atoms. The highest BCUT2D eigenvalue weighted by molar-refractivity contribution is 9.10. The van der Waals surface area contributed by atoms with Gasteiger partial charge in [-0.1, -0.05) is 15.9 Å². The second-order valence-corrected chi connectivity index (χ2v) is 6.27. The lowest BCUT2D eigenvalue weighted by Crippen LogP contribution is -2.27. The van der Waals surface area contributed by atoms with Gasteiger partial charge < -0.3 is 4.57 Å². The Kier molecular flexibility index (Phi) is 3.75. The average Bonchev–Trinajstić information content (AvgIpc) is 2.91. The van der Waals surface area contributed by atoms with Crippen LogP contribution in [0.2, 0.25) is 0 Å². The molecular weight excluding hydrogens is 358 g/mol. The van der Waals surface area contributed by atoms with Crippen molar-refractivity contribution < 1.29 is 9.59 Å². The van der Waals surface area contributed by atoms with E-state index in [0.29, 0.717) is 12.3 Å². The Bertz CT molecular complexity index is 743. The summed E-state index contributed by atoms with van der Waals surface area (Å²) in [6, 6.07) is 5.18. The second kappa shape index (κ2) is 5.42. The molecule has 0 spiro atoms. The van der Waals surface area contributed by atoms with Crippen LogP contribution in [0.15, 0.2) is 22.7 Å². The maximum absolute atomic E-state index is 12.3. The first kappa shape index (κ1) is 14.5. The quantitative estimate of drug-likeness (QED) is 0.616. The molecule has 1 fully saturated rings. The number of aromatic nitrogens is 2. The first-order valence-corrected chi connectivity index (χ1v) is 7.88. The van der Waals surface area contributed by atoms with Gasteiger partial charge >= 0.3 is 0 Å². The van der Waals surface area contributed by atoms with E-state index in [1.165, 1.54) is 11.9 Å². The standard InChI is InChI=1S/C14H13BrClN3O2/c1-18-13(20)7-11(14(18)21)19-10-3-2-8(15)6-9(10)17-12(19)4-5-16/h2-3,6,11H,4-5,7H2,1H3. The summed E-state index contributed by atoms with van der Waals surface area (Å²) in [5.41, 5.74) is 1.64. The van der Waals surface area contributed by atoms with Gasteiger partial charge in [0.2, 0.25) is 5.91 Å². The van der Waals surface area contributed by atoms with Crippen LogP contribution in [0.4, 0.5) is 0 Å². The van der Waals surface area contributed by atoms with Crippen LogP contribution >= 0.6 is 27.5 Å². The molecule has 1 aliphatic heterocycles. The minimum Gasteiger partial charge on any atom is -0.315 e. The third kappa shape index (κ3) is 2.36. The minimum atomic E-state index is -0.521. The molecule has 7 heteroatoms. The number of fused-ring (bicyclic) bond motifs is 1. The van der Waals surface area contributed by atoms with Gasteiger partial charge in [0.1, 0.15) is 11.9 Å². The normalized spacial score (nSPS) is 19.0. The Labute approximate surface area is 135 Å². The Balaban J connectivity index is 2.18. The number of amides is 2. The number of likely N-dealkylation sites (N-methyl/N-ethyl adjacent to an activating group) is 1. The molecule has 21 heavy (non-hydrogen) atoms. The molecule has 2 heterocycles. The van der Waals surface area contributed by atoms with Crippen LogP contribution in [0.5, 0.6) is 0 Å². The van der Waals surface area contributed by atoms with Crippen molar-refractivity contribution in [3.05, 3.63) is 28.5 Å². The molecule has 5 nitrogen and oxygen atoms in total. The van der Waals surface area contributed by atoms with Gasteiger partial charge in [-0.2, -0.15) is 0 Å². The predicted molar refractivity (Wildman–Crippen MR) is 83.3 cm³/mol. The second-order valence-electron chi connectivity index (χ2n) is 4.98. The molecule has 2 amide bonds. The first-order chi connectivity index (χ1) is 10.0. The molecule has 1 aromatic heterocycles. The molecule has 1 saturated heterocycles. The summed E-state index contributed by atoms with van der Waals surface area (Å²) in [5.74, 6) is 0.785. The van der Waals surface area contributed by atoms with Gasteiger partial charge in [0, 0.05) is 23.8 Å². The van der Waals surface area contributed by atoms with E-state index in [1.807, 2.05) is 22.8 Å². The number of imide groups is 1. The number of carbonyl (C=O) groups is 2. The first-order valence-electron chi connectivity index (χ1n) is 6.55. The van der Waals surface area contributed by atoms with Gasteiger partial charge in [-0.3, -0.25) is 14.5 Å². The molecule has 0 N–H and O–H groups in total. The maximum Gasteiger partial charge on any atom is 0.252 e. The van der Waals surface area contributed by atoms with Crippen molar-refractivity contribution in [3.8, 4) is 0 Å². The van der Waals surface area contributed by atoms with Crippen molar-refractivity contribution >= 4 is 50.4 Å². The zero-order valence-electron chi connectivity index (χ0n) is 11.3. The maximum atomic E-state index is 12.3. The number of carbonyl (C=O) groups excluding carboxylic acids is 2. The largest absolute Gasteiger partial charge is 0.315 e. The number of likely N-dealkylation sites (tertiary alicyclic amines) is 1. The zero-order valence-corrected chi connectivity index (χ0v) is 13.7. The van der Waals surface area contributed by atoms with Crippen molar-refractivity contribution in [2.24, 2.45) is 0 Å². The van der Waals surface area contributed by atoms with Crippen LogP contribution in [0.1, 0.15) is 18.3 Å². The Morgan fingerprint density at radius 3 is 2.81 bits per heavy atom. The van der Waals surface area contributed by atoms with E-state index < -0.39 is 6.04 Å². The van der Waals surface area contributed by atoms with Gasteiger partial charge in [0.25, 0.3) is 5.91 Å². The number of rotatable bonds is 3. The lowest BCUT2D eigenvalue weighted by Gasteiger charge is -2.14. The van der Waals surface area contributed by atoms with E-state index >= 15 is 0 Å². The number of hydrogen-bond acceptors (Lipinski definition) is 3. The van der Waals surface area contributed by atoms with Crippen LogP contribution in [0.25, 0.3) is 11.0 Å². The SMILES string of the molecule is CN1C(=O)CC(n2c(CCCl)nc3cc(Br)ccc32)C1=O. The highest BCUT2D eigenvalue weighted by Crippen LogP contribution is 2.30. The third-order valence-electron chi connectivity index (χ3n) is 3.71. The predicted octanol–water partition coefficient (Wildman–Crippen LogP) is 2.51. The van der Waals surface area contributed by atoms with Crippen LogP contribution in [-0.4, -0.2) is 39.2 Å². The third-order valence-corrected chi connectivity index (χ3v) is 4.39. The van der Waals surface area contributed by atoms with E-state index in [1.54, 1.807) is 0 Å². The fraction of sp³-hybridized carbons (Fsp3) is 0.357. The molecule has 0 aliphatic carbocycles. The summed E-state index contributed by atoms with van der Waals surface area (Å²) in [5, 5.41) is 0. The summed E-state index contributed by atoms with van der Waals surface area (Å²) in [6.45, 7) is 0. The number of benzene rings is 1. The van der Waals surface area contributed by atoms with Crippen LogP contribution in [0.3, 0.4) is 0 Å². The molecule has 1 aliphatic rings. The van der Waals surface area contributed by atoms with E-state index in [-0.39, 0.29) is 18.2 Å². The highest BCUT2D eigenvalue weighted by Gasteiger charge is 2.38. The topological polar surface area (TPSA) is 55.2 Å². The summed E-state index contributed by atoms with van der Waals surface area (Å²) in [7, 11) is 1.52. The fourth-order valence-corrected chi connectivity index (χ4v) is 3.19. The lowest BCUT2D eigenvalue weighted by molar-refractivity contribution is -0.137. The molecule has 1 aromatic carbocycles. The summed E-state index contributed by atoms with van der Waals surface area (Å²) < 4.78 is 2.77. The number of halogens is 2. The molecule has 1 atom stereocenters. The van der Waals surface area contributed by atoms with Crippen molar-refractivity contribution in [1.82, 2.24) is 14.5 Å². The Morgan fingerprint density at radius 2 is 2.19 bits per heavy atom. The van der Waals surface area contributed by atoms with E-state index in [2.05, 4.69) is 20.9 Å². The highest BCUT2D eigenvalue weighted by atomic mass is 79.9. The Hall–Kier alpha value is -1.40.